The summed E-state index contributed by atoms with van der Waals surface area (Å²) in [6, 6.07) is 8.29. The van der Waals surface area contributed by atoms with Crippen LogP contribution in [0.4, 0.5) is 0 Å². The van der Waals surface area contributed by atoms with Gasteiger partial charge in [0.1, 0.15) is 0 Å². The third-order valence-electron chi connectivity index (χ3n) is 2.35. The van der Waals surface area contributed by atoms with E-state index in [9.17, 15) is 13.2 Å². The molecule has 18 heavy (non-hydrogen) atoms. The van der Waals surface area contributed by atoms with Gasteiger partial charge in [0.2, 0.25) is 0 Å². The highest BCUT2D eigenvalue weighted by Crippen LogP contribution is 2.11. The van der Waals surface area contributed by atoms with Crippen LogP contribution >= 0.6 is 0 Å². The first kappa shape index (κ1) is 14.4. The minimum Gasteiger partial charge on any atom is -0.481 e. The van der Waals surface area contributed by atoms with E-state index in [2.05, 4.69) is 0 Å². The van der Waals surface area contributed by atoms with Crippen LogP contribution in [0.15, 0.2) is 47.4 Å². The van der Waals surface area contributed by atoms with Crippen molar-refractivity contribution in [3.63, 3.8) is 0 Å². The third-order valence-corrected chi connectivity index (χ3v) is 4.11. The van der Waals surface area contributed by atoms with Crippen molar-refractivity contribution in [2.45, 2.75) is 24.2 Å². The smallest absolute Gasteiger partial charge is 0.303 e. The lowest BCUT2D eigenvalue weighted by atomic mass is 10.3. The van der Waals surface area contributed by atoms with Crippen LogP contribution < -0.4 is 0 Å². The predicted molar refractivity (Wildman–Crippen MR) is 69.1 cm³/mol. The lowest BCUT2D eigenvalue weighted by molar-refractivity contribution is -0.136. The second-order valence-corrected chi connectivity index (χ2v) is 5.93. The Kier molecular flexibility index (Phi) is 5.58. The third kappa shape index (κ3) is 5.14. The van der Waals surface area contributed by atoms with E-state index in [0.717, 1.165) is 0 Å². The van der Waals surface area contributed by atoms with Gasteiger partial charge >= 0.3 is 5.97 Å². The number of rotatable bonds is 7. The maximum atomic E-state index is 11.8. The first-order chi connectivity index (χ1) is 8.52. The zero-order chi connectivity index (χ0) is 13.4. The number of hydrogen-bond acceptors (Lipinski definition) is 3. The number of carboxylic acid groups (broad SMARTS) is 1. The van der Waals surface area contributed by atoms with Crippen LogP contribution in [0, 0.1) is 0 Å². The molecule has 0 radical (unpaired) electrons. The van der Waals surface area contributed by atoms with Crippen molar-refractivity contribution in [2.24, 2.45) is 0 Å². The SMILES string of the molecule is O=C(O)CC/C=C/CCS(=O)(=O)c1ccccc1. The molecule has 0 aromatic heterocycles. The van der Waals surface area contributed by atoms with Crippen molar-refractivity contribution in [3.05, 3.63) is 42.5 Å². The van der Waals surface area contributed by atoms with Gasteiger partial charge in [-0.3, -0.25) is 4.79 Å². The molecule has 0 bridgehead atoms. The maximum absolute atomic E-state index is 11.8. The van der Waals surface area contributed by atoms with E-state index in [4.69, 9.17) is 5.11 Å². The minimum atomic E-state index is -3.23. The summed E-state index contributed by atoms with van der Waals surface area (Å²) in [5, 5.41) is 8.42. The van der Waals surface area contributed by atoms with Crippen LogP contribution in [0.2, 0.25) is 0 Å². The van der Waals surface area contributed by atoms with E-state index in [1.807, 2.05) is 0 Å². The standard InChI is InChI=1S/C13H16O4S/c14-13(15)10-6-1-2-7-11-18(16,17)12-8-4-3-5-9-12/h1-5,8-9H,6-7,10-11H2,(H,14,15)/b2-1+. The zero-order valence-electron chi connectivity index (χ0n) is 9.95. The molecule has 0 unspecified atom stereocenters. The van der Waals surface area contributed by atoms with Crippen molar-refractivity contribution >= 4 is 15.8 Å². The van der Waals surface area contributed by atoms with Crippen LogP contribution in [-0.2, 0) is 14.6 Å². The molecule has 1 N–H and O–H groups in total. The summed E-state index contributed by atoms with van der Waals surface area (Å²) in [6.07, 6.45) is 4.32. The number of hydrogen-bond donors (Lipinski definition) is 1. The molecule has 98 valence electrons. The van der Waals surface area contributed by atoms with Crippen LogP contribution in [0.5, 0.6) is 0 Å². The topological polar surface area (TPSA) is 71.4 Å². The van der Waals surface area contributed by atoms with Gasteiger partial charge in [-0.2, -0.15) is 0 Å². The highest BCUT2D eigenvalue weighted by atomic mass is 32.2. The van der Waals surface area contributed by atoms with Gasteiger partial charge in [0, 0.05) is 6.42 Å². The van der Waals surface area contributed by atoms with Gasteiger partial charge in [-0.25, -0.2) is 8.42 Å². The molecule has 1 aromatic rings. The van der Waals surface area contributed by atoms with Gasteiger partial charge in [0.15, 0.2) is 9.84 Å². The zero-order valence-corrected chi connectivity index (χ0v) is 10.8. The Morgan fingerprint density at radius 2 is 1.72 bits per heavy atom. The fourth-order valence-corrected chi connectivity index (χ4v) is 2.67. The molecule has 0 heterocycles. The molecule has 0 atom stereocenters. The van der Waals surface area contributed by atoms with Crippen LogP contribution in [0.1, 0.15) is 19.3 Å². The Hall–Kier alpha value is -1.62. The average Bonchev–Trinajstić information content (AvgIpc) is 2.34. The highest BCUT2D eigenvalue weighted by Gasteiger charge is 2.11. The van der Waals surface area contributed by atoms with E-state index < -0.39 is 15.8 Å². The molecule has 0 fully saturated rings. The molecule has 0 amide bonds. The molecule has 0 saturated heterocycles. The summed E-state index contributed by atoms with van der Waals surface area (Å²) >= 11 is 0. The number of carbonyl (C=O) groups is 1. The highest BCUT2D eigenvalue weighted by molar-refractivity contribution is 7.91. The van der Waals surface area contributed by atoms with Crippen molar-refractivity contribution in [2.75, 3.05) is 5.75 Å². The molecule has 0 spiro atoms. The Bertz CT molecular complexity index is 503. The van der Waals surface area contributed by atoms with Crippen molar-refractivity contribution in [1.29, 1.82) is 0 Å². The molecule has 0 saturated carbocycles. The summed E-state index contributed by atoms with van der Waals surface area (Å²) in [5.74, 6) is -0.808. The quantitative estimate of drug-likeness (QED) is 0.770. The van der Waals surface area contributed by atoms with Crippen molar-refractivity contribution in [1.82, 2.24) is 0 Å². The number of carboxylic acids is 1. The number of sulfone groups is 1. The largest absolute Gasteiger partial charge is 0.481 e. The van der Waals surface area contributed by atoms with Gasteiger partial charge in [-0.05, 0) is 25.0 Å². The second-order valence-electron chi connectivity index (χ2n) is 3.82. The molecule has 1 aromatic carbocycles. The molecular formula is C13H16O4S. The molecule has 1 rings (SSSR count). The van der Waals surface area contributed by atoms with Crippen LogP contribution in [-0.4, -0.2) is 25.2 Å². The molecule has 4 nitrogen and oxygen atoms in total. The first-order valence-corrected chi connectivity index (χ1v) is 7.32. The normalized spacial score (nSPS) is 11.8. The van der Waals surface area contributed by atoms with E-state index in [0.29, 0.717) is 17.7 Å². The fraction of sp³-hybridized carbons (Fsp3) is 0.308. The van der Waals surface area contributed by atoms with Crippen molar-refractivity contribution < 1.29 is 18.3 Å². The first-order valence-electron chi connectivity index (χ1n) is 5.67. The van der Waals surface area contributed by atoms with Gasteiger partial charge in [-0.1, -0.05) is 30.4 Å². The van der Waals surface area contributed by atoms with E-state index >= 15 is 0 Å². The van der Waals surface area contributed by atoms with E-state index in [-0.39, 0.29) is 12.2 Å². The van der Waals surface area contributed by atoms with E-state index in [1.54, 1.807) is 42.5 Å². The maximum Gasteiger partial charge on any atom is 0.303 e. The Balaban J connectivity index is 2.42. The Labute approximate surface area is 107 Å². The molecule has 0 aliphatic carbocycles. The Morgan fingerprint density at radius 3 is 2.33 bits per heavy atom. The summed E-state index contributed by atoms with van der Waals surface area (Å²) < 4.78 is 23.7. The molecular weight excluding hydrogens is 252 g/mol. The number of benzene rings is 1. The predicted octanol–water partition coefficient (Wildman–Crippen LogP) is 2.27. The summed E-state index contributed by atoms with van der Waals surface area (Å²) in [6.45, 7) is 0. The lowest BCUT2D eigenvalue weighted by Gasteiger charge is -2.01. The van der Waals surface area contributed by atoms with Crippen molar-refractivity contribution in [3.8, 4) is 0 Å². The molecule has 0 aliphatic heterocycles. The summed E-state index contributed by atoms with van der Waals surface area (Å²) in [5.41, 5.74) is 0. The van der Waals surface area contributed by atoms with Gasteiger partial charge in [0.25, 0.3) is 0 Å². The molecule has 5 heteroatoms. The minimum absolute atomic E-state index is 0.0422. The number of aliphatic carboxylic acids is 1. The molecule has 0 aliphatic rings. The van der Waals surface area contributed by atoms with Crippen LogP contribution in [0.25, 0.3) is 0 Å². The van der Waals surface area contributed by atoms with Gasteiger partial charge in [0.05, 0.1) is 10.6 Å². The fourth-order valence-electron chi connectivity index (χ4n) is 1.41. The van der Waals surface area contributed by atoms with Gasteiger partial charge < -0.3 is 5.11 Å². The van der Waals surface area contributed by atoms with Crippen LogP contribution in [0.3, 0.4) is 0 Å². The van der Waals surface area contributed by atoms with Gasteiger partial charge in [-0.15, -0.1) is 0 Å². The summed E-state index contributed by atoms with van der Waals surface area (Å²) in [7, 11) is -3.23. The Morgan fingerprint density at radius 1 is 1.11 bits per heavy atom. The lowest BCUT2D eigenvalue weighted by Crippen LogP contribution is -2.05. The van der Waals surface area contributed by atoms with E-state index in [1.165, 1.54) is 0 Å². The summed E-state index contributed by atoms with van der Waals surface area (Å²) in [4.78, 5) is 10.6. The average molecular weight is 268 g/mol. The second kappa shape index (κ2) is 6.96. The number of allylic oxidation sites excluding steroid dienone is 2. The monoisotopic (exact) mass is 268 g/mol.